The highest BCUT2D eigenvalue weighted by Crippen LogP contribution is 2.27. The van der Waals surface area contributed by atoms with E-state index in [0.717, 1.165) is 24.1 Å². The quantitative estimate of drug-likeness (QED) is 0.462. The summed E-state index contributed by atoms with van der Waals surface area (Å²) in [5.74, 6) is 0.759. The molecule has 2 nitrogen and oxygen atoms in total. The van der Waals surface area contributed by atoms with Gasteiger partial charge in [-0.3, -0.25) is 0 Å². The molecule has 0 heterocycles. The molecule has 1 N–H and O–H groups in total. The lowest BCUT2D eigenvalue weighted by Crippen LogP contribution is -2.37. The van der Waals surface area contributed by atoms with E-state index in [9.17, 15) is 5.11 Å². The van der Waals surface area contributed by atoms with Gasteiger partial charge in [0.25, 0.3) is 0 Å². The van der Waals surface area contributed by atoms with Crippen LogP contribution in [0.5, 0.6) is 0 Å². The van der Waals surface area contributed by atoms with Gasteiger partial charge < -0.3 is 10.0 Å². The largest absolute Gasteiger partial charge is 0.393 e. The summed E-state index contributed by atoms with van der Waals surface area (Å²) in [6.07, 6.45) is 11.7. The number of halogens is 1. The van der Waals surface area contributed by atoms with E-state index >= 15 is 0 Å². The normalized spacial score (nSPS) is 23.3. The lowest BCUT2D eigenvalue weighted by atomic mass is 9.82. The van der Waals surface area contributed by atoms with Crippen LogP contribution >= 0.6 is 15.9 Å². The van der Waals surface area contributed by atoms with Gasteiger partial charge in [-0.05, 0) is 45.2 Å². The zero-order valence-electron chi connectivity index (χ0n) is 11.9. The molecule has 3 heteroatoms. The summed E-state index contributed by atoms with van der Waals surface area (Å²) in [6.45, 7) is 2.41. The summed E-state index contributed by atoms with van der Waals surface area (Å²) in [5.41, 5.74) is 0. The minimum atomic E-state index is 0.00270. The molecule has 1 fully saturated rings. The lowest BCUT2D eigenvalue weighted by molar-refractivity contribution is 0.0282. The van der Waals surface area contributed by atoms with Gasteiger partial charge in [0.15, 0.2) is 0 Å². The topological polar surface area (TPSA) is 23.5 Å². The monoisotopic (exact) mass is 319 g/mol. The van der Waals surface area contributed by atoms with Crippen LogP contribution in [-0.2, 0) is 0 Å². The Kier molecular flexibility index (Phi) is 9.34. The van der Waals surface area contributed by atoms with Crippen LogP contribution in [0.2, 0.25) is 0 Å². The first-order valence-electron chi connectivity index (χ1n) is 7.65. The first-order valence-corrected chi connectivity index (χ1v) is 8.77. The molecule has 0 aromatic heterocycles. The number of aliphatic hydroxyl groups excluding tert-OH is 1. The van der Waals surface area contributed by atoms with E-state index < -0.39 is 0 Å². The van der Waals surface area contributed by atoms with E-state index in [2.05, 4.69) is 27.9 Å². The number of nitrogens with zero attached hydrogens (tertiary/aromatic N) is 1. The second kappa shape index (κ2) is 10.2. The Balaban J connectivity index is 1.79. The first kappa shape index (κ1) is 16.5. The molecule has 0 aromatic carbocycles. The van der Waals surface area contributed by atoms with Crippen molar-refractivity contribution in [3.8, 4) is 0 Å². The molecule has 1 rings (SSSR count). The second-order valence-electron chi connectivity index (χ2n) is 5.92. The van der Waals surface area contributed by atoms with Crippen LogP contribution in [0.15, 0.2) is 0 Å². The highest BCUT2D eigenvalue weighted by molar-refractivity contribution is 9.09. The molecule has 0 amide bonds. The Hall–Kier alpha value is 0.400. The van der Waals surface area contributed by atoms with Crippen molar-refractivity contribution in [3.63, 3.8) is 0 Å². The summed E-state index contributed by atoms with van der Waals surface area (Å²) in [4.78, 5) is 2.45. The summed E-state index contributed by atoms with van der Waals surface area (Å²) in [5, 5.41) is 10.4. The van der Waals surface area contributed by atoms with Gasteiger partial charge in [0.05, 0.1) is 6.10 Å². The third-order valence-corrected chi connectivity index (χ3v) is 4.51. The maximum Gasteiger partial charge on any atom is 0.0546 e. The van der Waals surface area contributed by atoms with Crippen molar-refractivity contribution in [1.29, 1.82) is 0 Å². The Labute approximate surface area is 121 Å². The fourth-order valence-corrected chi connectivity index (χ4v) is 3.14. The van der Waals surface area contributed by atoms with Gasteiger partial charge in [0.1, 0.15) is 0 Å². The number of hydrogen-bond donors (Lipinski definition) is 1. The van der Waals surface area contributed by atoms with Crippen LogP contribution in [-0.4, -0.2) is 41.6 Å². The Morgan fingerprint density at radius 2 is 1.56 bits per heavy atom. The number of unbranched alkanes of at least 4 members (excludes halogenated alkanes) is 6. The average Bonchev–Trinajstić information content (AvgIpc) is 2.30. The van der Waals surface area contributed by atoms with Crippen molar-refractivity contribution in [1.82, 2.24) is 4.90 Å². The smallest absolute Gasteiger partial charge is 0.0546 e. The fraction of sp³-hybridized carbons (Fsp3) is 1.00. The van der Waals surface area contributed by atoms with Crippen LogP contribution in [0.1, 0.15) is 57.8 Å². The summed E-state index contributed by atoms with van der Waals surface area (Å²) < 4.78 is 0. The van der Waals surface area contributed by atoms with Gasteiger partial charge in [-0.25, -0.2) is 0 Å². The molecule has 0 atom stereocenters. The first-order chi connectivity index (χ1) is 8.72. The van der Waals surface area contributed by atoms with Crippen molar-refractivity contribution in [3.05, 3.63) is 0 Å². The van der Waals surface area contributed by atoms with Crippen molar-refractivity contribution >= 4 is 15.9 Å². The maximum absolute atomic E-state index is 9.24. The fourth-order valence-electron chi connectivity index (χ4n) is 2.74. The summed E-state index contributed by atoms with van der Waals surface area (Å²) >= 11 is 3.47. The van der Waals surface area contributed by atoms with Gasteiger partial charge in [0.2, 0.25) is 0 Å². The lowest BCUT2D eigenvalue weighted by Gasteiger charge is -2.34. The van der Waals surface area contributed by atoms with E-state index in [1.807, 2.05) is 0 Å². The number of aliphatic hydroxyl groups is 1. The molecule has 1 aliphatic carbocycles. The minimum Gasteiger partial charge on any atom is -0.393 e. The van der Waals surface area contributed by atoms with E-state index in [1.165, 1.54) is 58.0 Å². The van der Waals surface area contributed by atoms with Crippen molar-refractivity contribution in [2.75, 3.05) is 25.5 Å². The third kappa shape index (κ3) is 7.75. The molecule has 0 spiro atoms. The average molecular weight is 320 g/mol. The number of hydrogen-bond acceptors (Lipinski definition) is 2. The van der Waals surface area contributed by atoms with Crippen molar-refractivity contribution < 1.29 is 5.11 Å². The van der Waals surface area contributed by atoms with Gasteiger partial charge in [-0.15, -0.1) is 0 Å². The van der Waals surface area contributed by atoms with Gasteiger partial charge in [0, 0.05) is 11.9 Å². The third-order valence-electron chi connectivity index (χ3n) is 3.95. The predicted molar refractivity (Wildman–Crippen MR) is 82.3 cm³/mol. The molecule has 1 saturated carbocycles. The van der Waals surface area contributed by atoms with Crippen LogP contribution < -0.4 is 0 Å². The molecular formula is C15H30BrNO. The maximum atomic E-state index is 9.24. The molecule has 0 bridgehead atoms. The Morgan fingerprint density at radius 3 is 2.11 bits per heavy atom. The molecule has 108 valence electrons. The zero-order valence-corrected chi connectivity index (χ0v) is 13.5. The van der Waals surface area contributed by atoms with Crippen LogP contribution in [0.25, 0.3) is 0 Å². The molecule has 0 saturated heterocycles. The van der Waals surface area contributed by atoms with Crippen molar-refractivity contribution in [2.24, 2.45) is 5.92 Å². The minimum absolute atomic E-state index is 0.00270. The predicted octanol–water partition coefficient (Wildman–Crippen LogP) is 3.81. The highest BCUT2D eigenvalue weighted by atomic mass is 79.9. The SMILES string of the molecule is CN(CCCCCCCCCBr)CC1CC(O)C1. The van der Waals surface area contributed by atoms with E-state index in [4.69, 9.17) is 0 Å². The molecule has 0 unspecified atom stereocenters. The zero-order chi connectivity index (χ0) is 13.2. The van der Waals surface area contributed by atoms with Gasteiger partial charge >= 0.3 is 0 Å². The molecule has 1 aliphatic rings. The molecular weight excluding hydrogens is 290 g/mol. The Bertz CT molecular complexity index is 195. The molecule has 0 aliphatic heterocycles. The molecule has 0 aromatic rings. The van der Waals surface area contributed by atoms with Crippen molar-refractivity contribution in [2.45, 2.75) is 63.9 Å². The summed E-state index contributed by atoms with van der Waals surface area (Å²) in [6, 6.07) is 0. The van der Waals surface area contributed by atoms with Crippen LogP contribution in [0.3, 0.4) is 0 Å². The van der Waals surface area contributed by atoms with E-state index in [0.29, 0.717) is 0 Å². The van der Waals surface area contributed by atoms with E-state index in [1.54, 1.807) is 0 Å². The van der Waals surface area contributed by atoms with E-state index in [-0.39, 0.29) is 6.10 Å². The number of alkyl halides is 1. The molecule has 18 heavy (non-hydrogen) atoms. The number of rotatable bonds is 11. The standard InChI is InChI=1S/C15H30BrNO/c1-17(13-14-11-15(18)12-14)10-8-6-4-2-3-5-7-9-16/h14-15,18H,2-13H2,1H3. The highest BCUT2D eigenvalue weighted by Gasteiger charge is 2.27. The Morgan fingerprint density at radius 1 is 1.00 bits per heavy atom. The van der Waals surface area contributed by atoms with Gasteiger partial charge in [-0.2, -0.15) is 0 Å². The van der Waals surface area contributed by atoms with Crippen LogP contribution in [0, 0.1) is 5.92 Å². The summed E-state index contributed by atoms with van der Waals surface area (Å²) in [7, 11) is 2.22. The second-order valence-corrected chi connectivity index (χ2v) is 6.71. The molecule has 0 radical (unpaired) electrons. The van der Waals surface area contributed by atoms with Crippen LogP contribution in [0.4, 0.5) is 0 Å². The van der Waals surface area contributed by atoms with Gasteiger partial charge in [-0.1, -0.05) is 48.0 Å².